The molecule has 0 aromatic heterocycles. The predicted octanol–water partition coefficient (Wildman–Crippen LogP) is -0.740. The van der Waals surface area contributed by atoms with E-state index < -0.39 is 0 Å². The van der Waals surface area contributed by atoms with Gasteiger partial charge in [0.25, 0.3) is 0 Å². The van der Waals surface area contributed by atoms with Crippen LogP contribution in [0.15, 0.2) is 24.3 Å². The Labute approximate surface area is 132 Å². The maximum atomic E-state index is 9.02. The van der Waals surface area contributed by atoms with Crippen molar-refractivity contribution in [3.63, 3.8) is 0 Å². The molecule has 6 heteroatoms. The average Bonchev–Trinajstić information content (AvgIpc) is 2.50. The zero-order chi connectivity index (χ0) is 16.2. The lowest BCUT2D eigenvalue weighted by atomic mass is 10.1. The highest BCUT2D eigenvalue weighted by atomic mass is 16.3. The first kappa shape index (κ1) is 19.0. The van der Waals surface area contributed by atoms with E-state index in [1.165, 1.54) is 0 Å². The second kappa shape index (κ2) is 11.5. The van der Waals surface area contributed by atoms with Crippen molar-refractivity contribution in [1.82, 2.24) is 9.80 Å². The van der Waals surface area contributed by atoms with E-state index >= 15 is 0 Å². The van der Waals surface area contributed by atoms with Gasteiger partial charge in [0, 0.05) is 39.3 Å². The van der Waals surface area contributed by atoms with Gasteiger partial charge in [-0.05, 0) is 11.1 Å². The normalized spacial score (nSPS) is 11.5. The molecule has 1 aromatic rings. The molecule has 22 heavy (non-hydrogen) atoms. The number of aliphatic hydroxyl groups is 4. The number of aliphatic hydroxyl groups excluding tert-OH is 4. The van der Waals surface area contributed by atoms with Gasteiger partial charge in [-0.15, -0.1) is 0 Å². The minimum Gasteiger partial charge on any atom is -0.395 e. The van der Waals surface area contributed by atoms with Gasteiger partial charge in [0.2, 0.25) is 0 Å². The molecule has 0 amide bonds. The van der Waals surface area contributed by atoms with Crippen LogP contribution in [0.25, 0.3) is 0 Å². The molecular formula is C16H28N2O4. The summed E-state index contributed by atoms with van der Waals surface area (Å²) in [5.41, 5.74) is 2.25. The maximum Gasteiger partial charge on any atom is 0.0558 e. The van der Waals surface area contributed by atoms with E-state index in [9.17, 15) is 0 Å². The van der Waals surface area contributed by atoms with Crippen molar-refractivity contribution in [2.75, 3.05) is 52.6 Å². The predicted molar refractivity (Wildman–Crippen MR) is 85.3 cm³/mol. The molecule has 0 atom stereocenters. The average molecular weight is 312 g/mol. The van der Waals surface area contributed by atoms with Crippen LogP contribution in [-0.2, 0) is 13.1 Å². The number of rotatable bonds is 12. The molecule has 0 fully saturated rings. The molecule has 0 saturated heterocycles. The zero-order valence-corrected chi connectivity index (χ0v) is 13.1. The molecule has 1 aromatic carbocycles. The van der Waals surface area contributed by atoms with E-state index in [1.54, 1.807) is 0 Å². The van der Waals surface area contributed by atoms with Crippen molar-refractivity contribution in [3.8, 4) is 0 Å². The van der Waals surface area contributed by atoms with Crippen LogP contribution in [-0.4, -0.2) is 82.8 Å². The van der Waals surface area contributed by atoms with E-state index in [0.717, 1.165) is 11.1 Å². The first-order valence-electron chi connectivity index (χ1n) is 7.69. The first-order chi connectivity index (χ1) is 10.7. The monoisotopic (exact) mass is 312 g/mol. The Morgan fingerprint density at radius 3 is 1.05 bits per heavy atom. The molecule has 126 valence electrons. The van der Waals surface area contributed by atoms with Gasteiger partial charge < -0.3 is 20.4 Å². The zero-order valence-electron chi connectivity index (χ0n) is 13.1. The third-order valence-electron chi connectivity index (χ3n) is 3.50. The lowest BCUT2D eigenvalue weighted by Gasteiger charge is -2.21. The highest BCUT2D eigenvalue weighted by molar-refractivity contribution is 5.22. The molecule has 0 aliphatic rings. The summed E-state index contributed by atoms with van der Waals surface area (Å²) < 4.78 is 0. The maximum absolute atomic E-state index is 9.02. The molecule has 0 aliphatic carbocycles. The number of benzene rings is 1. The SMILES string of the molecule is OCCN(CCO)Cc1ccc(CN(CCO)CCO)cc1. The van der Waals surface area contributed by atoms with E-state index in [0.29, 0.717) is 39.3 Å². The van der Waals surface area contributed by atoms with Gasteiger partial charge in [-0.1, -0.05) is 24.3 Å². The van der Waals surface area contributed by atoms with E-state index in [4.69, 9.17) is 20.4 Å². The molecule has 0 aliphatic heterocycles. The summed E-state index contributed by atoms with van der Waals surface area (Å²) in [6.07, 6.45) is 0. The Hall–Kier alpha value is -1.02. The molecule has 0 radical (unpaired) electrons. The number of hydrogen-bond donors (Lipinski definition) is 4. The Morgan fingerprint density at radius 1 is 0.545 bits per heavy atom. The van der Waals surface area contributed by atoms with Crippen LogP contribution in [0.3, 0.4) is 0 Å². The molecular weight excluding hydrogens is 284 g/mol. The van der Waals surface area contributed by atoms with Crippen molar-refractivity contribution in [1.29, 1.82) is 0 Å². The molecule has 0 heterocycles. The standard InChI is InChI=1S/C16H28N2O4/c19-9-5-17(6-10-20)13-15-1-2-16(4-3-15)14-18(7-11-21)8-12-22/h1-4,19-22H,5-14H2. The second-order valence-corrected chi connectivity index (χ2v) is 5.26. The second-order valence-electron chi connectivity index (χ2n) is 5.26. The molecule has 0 saturated carbocycles. The molecule has 0 unspecified atom stereocenters. The summed E-state index contributed by atoms with van der Waals surface area (Å²) in [5, 5.41) is 36.1. The third kappa shape index (κ3) is 7.31. The minimum absolute atomic E-state index is 0.0787. The van der Waals surface area contributed by atoms with Crippen LogP contribution in [0.1, 0.15) is 11.1 Å². The summed E-state index contributed by atoms with van der Waals surface area (Å²) in [4.78, 5) is 4.00. The molecule has 4 N–H and O–H groups in total. The fourth-order valence-electron chi connectivity index (χ4n) is 2.37. The van der Waals surface area contributed by atoms with E-state index in [-0.39, 0.29) is 26.4 Å². The topological polar surface area (TPSA) is 87.4 Å². The lowest BCUT2D eigenvalue weighted by molar-refractivity contribution is 0.154. The lowest BCUT2D eigenvalue weighted by Crippen LogP contribution is -2.30. The molecule has 0 bridgehead atoms. The molecule has 1 rings (SSSR count). The van der Waals surface area contributed by atoms with Crippen molar-refractivity contribution >= 4 is 0 Å². The van der Waals surface area contributed by atoms with Gasteiger partial charge in [0.05, 0.1) is 26.4 Å². The first-order valence-corrected chi connectivity index (χ1v) is 7.69. The van der Waals surface area contributed by atoms with Crippen LogP contribution in [0.4, 0.5) is 0 Å². The van der Waals surface area contributed by atoms with Crippen LogP contribution in [0, 0.1) is 0 Å². The Kier molecular flexibility index (Phi) is 9.98. The summed E-state index contributed by atoms with van der Waals surface area (Å²) in [5.74, 6) is 0. The number of nitrogens with zero attached hydrogens (tertiary/aromatic N) is 2. The van der Waals surface area contributed by atoms with Crippen LogP contribution >= 0.6 is 0 Å². The quantitative estimate of drug-likeness (QED) is 0.407. The third-order valence-corrected chi connectivity index (χ3v) is 3.50. The van der Waals surface area contributed by atoms with Gasteiger partial charge in [0.15, 0.2) is 0 Å². The van der Waals surface area contributed by atoms with Crippen LogP contribution in [0.2, 0.25) is 0 Å². The van der Waals surface area contributed by atoms with Gasteiger partial charge in [0.1, 0.15) is 0 Å². The van der Waals surface area contributed by atoms with E-state index in [2.05, 4.69) is 0 Å². The Bertz CT molecular complexity index is 337. The van der Waals surface area contributed by atoms with E-state index in [1.807, 2.05) is 34.1 Å². The molecule has 6 nitrogen and oxygen atoms in total. The van der Waals surface area contributed by atoms with Crippen molar-refractivity contribution in [2.45, 2.75) is 13.1 Å². The van der Waals surface area contributed by atoms with Gasteiger partial charge in [-0.2, -0.15) is 0 Å². The van der Waals surface area contributed by atoms with Gasteiger partial charge in [-0.25, -0.2) is 0 Å². The number of hydrogen-bond acceptors (Lipinski definition) is 6. The Balaban J connectivity index is 2.57. The van der Waals surface area contributed by atoms with Crippen molar-refractivity contribution < 1.29 is 20.4 Å². The summed E-state index contributed by atoms with van der Waals surface area (Å²) in [6, 6.07) is 8.14. The summed E-state index contributed by atoms with van der Waals surface area (Å²) in [7, 11) is 0. The Morgan fingerprint density at radius 2 is 0.818 bits per heavy atom. The van der Waals surface area contributed by atoms with Crippen LogP contribution < -0.4 is 0 Å². The summed E-state index contributed by atoms with van der Waals surface area (Å²) in [6.45, 7) is 3.88. The largest absolute Gasteiger partial charge is 0.395 e. The summed E-state index contributed by atoms with van der Waals surface area (Å²) >= 11 is 0. The highest BCUT2D eigenvalue weighted by Gasteiger charge is 2.07. The molecule has 0 spiro atoms. The van der Waals surface area contributed by atoms with Gasteiger partial charge in [-0.3, -0.25) is 9.80 Å². The van der Waals surface area contributed by atoms with Gasteiger partial charge >= 0.3 is 0 Å². The highest BCUT2D eigenvalue weighted by Crippen LogP contribution is 2.10. The minimum atomic E-state index is 0.0787. The fraction of sp³-hybridized carbons (Fsp3) is 0.625. The fourth-order valence-corrected chi connectivity index (χ4v) is 2.37. The van der Waals surface area contributed by atoms with Crippen molar-refractivity contribution in [3.05, 3.63) is 35.4 Å². The van der Waals surface area contributed by atoms with Crippen LogP contribution in [0.5, 0.6) is 0 Å². The smallest absolute Gasteiger partial charge is 0.0558 e. The van der Waals surface area contributed by atoms with Crippen molar-refractivity contribution in [2.24, 2.45) is 0 Å².